The van der Waals surface area contributed by atoms with Crippen LogP contribution in [0.15, 0.2) is 54.6 Å². The van der Waals surface area contributed by atoms with Crippen molar-refractivity contribution in [1.29, 1.82) is 0 Å². The zero-order chi connectivity index (χ0) is 18.6. The Morgan fingerprint density at radius 2 is 1.77 bits per heavy atom. The zero-order valence-corrected chi connectivity index (χ0v) is 15.9. The second-order valence-electron chi connectivity index (χ2n) is 5.90. The van der Waals surface area contributed by atoms with E-state index in [9.17, 15) is 9.59 Å². The summed E-state index contributed by atoms with van der Waals surface area (Å²) in [5.74, 6) is 1.32. The lowest BCUT2D eigenvalue weighted by atomic mass is 10.2. The molecule has 2 rings (SSSR count). The van der Waals surface area contributed by atoms with Crippen molar-refractivity contribution in [2.24, 2.45) is 0 Å². The SMILES string of the molecule is CCCCOC(=O)c1ccc(NC(=O)CCSCc2ccccc2)cc1. The number of hydrogen-bond acceptors (Lipinski definition) is 4. The van der Waals surface area contributed by atoms with Crippen LogP contribution in [0.1, 0.15) is 42.1 Å². The molecule has 5 heteroatoms. The number of benzene rings is 2. The fourth-order valence-electron chi connectivity index (χ4n) is 2.23. The summed E-state index contributed by atoms with van der Waals surface area (Å²) in [6, 6.07) is 17.0. The quantitative estimate of drug-likeness (QED) is 0.476. The van der Waals surface area contributed by atoms with Gasteiger partial charge in [0.25, 0.3) is 0 Å². The highest BCUT2D eigenvalue weighted by Gasteiger charge is 2.08. The first kappa shape index (κ1) is 20.0. The lowest BCUT2D eigenvalue weighted by Crippen LogP contribution is -2.12. The smallest absolute Gasteiger partial charge is 0.338 e. The zero-order valence-electron chi connectivity index (χ0n) is 15.1. The second-order valence-corrected chi connectivity index (χ2v) is 7.01. The topological polar surface area (TPSA) is 55.4 Å². The highest BCUT2D eigenvalue weighted by molar-refractivity contribution is 7.98. The van der Waals surface area contributed by atoms with Crippen LogP contribution in [-0.4, -0.2) is 24.2 Å². The predicted molar refractivity (Wildman–Crippen MR) is 107 cm³/mol. The van der Waals surface area contributed by atoms with Crippen LogP contribution in [0.2, 0.25) is 0 Å². The Kier molecular flexibility index (Phi) is 8.76. The molecule has 2 aromatic carbocycles. The van der Waals surface area contributed by atoms with Crippen molar-refractivity contribution in [2.45, 2.75) is 31.9 Å². The fourth-order valence-corrected chi connectivity index (χ4v) is 3.14. The van der Waals surface area contributed by atoms with Crippen LogP contribution in [0.4, 0.5) is 5.69 Å². The molecule has 2 aromatic rings. The first-order chi connectivity index (χ1) is 12.7. The number of unbranched alkanes of at least 4 members (excludes halogenated alkanes) is 1. The highest BCUT2D eigenvalue weighted by atomic mass is 32.2. The molecule has 0 fully saturated rings. The van der Waals surface area contributed by atoms with Crippen LogP contribution in [0.25, 0.3) is 0 Å². The van der Waals surface area contributed by atoms with E-state index in [4.69, 9.17) is 4.74 Å². The summed E-state index contributed by atoms with van der Waals surface area (Å²) in [5, 5.41) is 2.85. The number of amides is 1. The molecule has 0 aromatic heterocycles. The van der Waals surface area contributed by atoms with Gasteiger partial charge in [-0.05, 0) is 36.2 Å². The van der Waals surface area contributed by atoms with E-state index in [2.05, 4.69) is 17.4 Å². The van der Waals surface area contributed by atoms with Gasteiger partial charge in [0.15, 0.2) is 0 Å². The summed E-state index contributed by atoms with van der Waals surface area (Å²) in [4.78, 5) is 23.8. The van der Waals surface area contributed by atoms with E-state index in [-0.39, 0.29) is 11.9 Å². The summed E-state index contributed by atoms with van der Waals surface area (Å²) in [5.41, 5.74) is 2.45. The normalized spacial score (nSPS) is 10.3. The van der Waals surface area contributed by atoms with Crippen molar-refractivity contribution in [3.8, 4) is 0 Å². The lowest BCUT2D eigenvalue weighted by molar-refractivity contribution is -0.115. The summed E-state index contributed by atoms with van der Waals surface area (Å²) >= 11 is 1.74. The molecule has 0 radical (unpaired) electrons. The standard InChI is InChI=1S/C21H25NO3S/c1-2-3-14-25-21(24)18-9-11-19(12-10-18)22-20(23)13-15-26-16-17-7-5-4-6-8-17/h4-12H,2-3,13-16H2,1H3,(H,22,23). The summed E-state index contributed by atoms with van der Waals surface area (Å²) in [6.07, 6.45) is 2.31. The van der Waals surface area contributed by atoms with Gasteiger partial charge >= 0.3 is 5.97 Å². The van der Waals surface area contributed by atoms with Gasteiger partial charge in [-0.25, -0.2) is 4.79 Å². The van der Waals surface area contributed by atoms with Crippen LogP contribution >= 0.6 is 11.8 Å². The Morgan fingerprint density at radius 3 is 2.46 bits per heavy atom. The number of anilines is 1. The molecule has 0 bridgehead atoms. The Morgan fingerprint density at radius 1 is 1.04 bits per heavy atom. The minimum absolute atomic E-state index is 0.0242. The fraction of sp³-hybridized carbons (Fsp3) is 0.333. The van der Waals surface area contributed by atoms with Crippen LogP contribution in [0.5, 0.6) is 0 Å². The number of carbonyl (C=O) groups is 2. The molecule has 0 unspecified atom stereocenters. The van der Waals surface area contributed by atoms with Crippen LogP contribution in [0, 0.1) is 0 Å². The first-order valence-corrected chi connectivity index (χ1v) is 10.0. The summed E-state index contributed by atoms with van der Waals surface area (Å²) < 4.78 is 5.16. The monoisotopic (exact) mass is 371 g/mol. The molecule has 0 aliphatic heterocycles. The molecule has 0 heterocycles. The lowest BCUT2D eigenvalue weighted by Gasteiger charge is -2.07. The van der Waals surface area contributed by atoms with Gasteiger partial charge in [-0.15, -0.1) is 0 Å². The first-order valence-electron chi connectivity index (χ1n) is 8.87. The number of rotatable bonds is 10. The van der Waals surface area contributed by atoms with Crippen molar-refractivity contribution in [1.82, 2.24) is 0 Å². The Bertz CT molecular complexity index is 686. The Balaban J connectivity index is 1.69. The maximum absolute atomic E-state index is 12.0. The summed E-state index contributed by atoms with van der Waals surface area (Å²) in [7, 11) is 0. The predicted octanol–water partition coefficient (Wildman–Crippen LogP) is 4.91. The van der Waals surface area contributed by atoms with Gasteiger partial charge in [0.1, 0.15) is 0 Å². The van der Waals surface area contributed by atoms with Gasteiger partial charge in [0.05, 0.1) is 12.2 Å². The van der Waals surface area contributed by atoms with Crippen molar-refractivity contribution < 1.29 is 14.3 Å². The van der Waals surface area contributed by atoms with E-state index < -0.39 is 0 Å². The Labute approximate surface area is 159 Å². The maximum atomic E-state index is 12.0. The average Bonchev–Trinajstić information content (AvgIpc) is 2.67. The van der Waals surface area contributed by atoms with Gasteiger partial charge in [-0.3, -0.25) is 4.79 Å². The number of esters is 1. The number of carbonyl (C=O) groups excluding carboxylic acids is 2. The van der Waals surface area contributed by atoms with E-state index in [1.54, 1.807) is 36.0 Å². The van der Waals surface area contributed by atoms with E-state index in [0.717, 1.165) is 24.3 Å². The van der Waals surface area contributed by atoms with Gasteiger partial charge in [-0.1, -0.05) is 43.7 Å². The van der Waals surface area contributed by atoms with Crippen molar-refractivity contribution in [3.05, 3.63) is 65.7 Å². The van der Waals surface area contributed by atoms with Gasteiger partial charge < -0.3 is 10.1 Å². The molecule has 0 atom stereocenters. The van der Waals surface area contributed by atoms with Crippen molar-refractivity contribution in [2.75, 3.05) is 17.7 Å². The molecule has 1 N–H and O–H groups in total. The van der Waals surface area contributed by atoms with E-state index in [1.165, 1.54) is 5.56 Å². The third-order valence-electron chi connectivity index (χ3n) is 3.72. The molecule has 0 aliphatic rings. The van der Waals surface area contributed by atoms with Gasteiger partial charge in [0.2, 0.25) is 5.91 Å². The third-order valence-corrected chi connectivity index (χ3v) is 4.75. The number of thioether (sulfide) groups is 1. The van der Waals surface area contributed by atoms with Crippen LogP contribution in [0.3, 0.4) is 0 Å². The number of hydrogen-bond donors (Lipinski definition) is 1. The molecule has 0 aliphatic carbocycles. The second kappa shape index (κ2) is 11.4. The van der Waals surface area contributed by atoms with Crippen LogP contribution < -0.4 is 5.32 Å². The van der Waals surface area contributed by atoms with Crippen molar-refractivity contribution in [3.63, 3.8) is 0 Å². The Hall–Kier alpha value is -2.27. The van der Waals surface area contributed by atoms with E-state index in [0.29, 0.717) is 24.3 Å². The van der Waals surface area contributed by atoms with Gasteiger partial charge in [0, 0.05) is 23.6 Å². The number of ether oxygens (including phenoxy) is 1. The van der Waals surface area contributed by atoms with Gasteiger partial charge in [-0.2, -0.15) is 11.8 Å². The highest BCUT2D eigenvalue weighted by Crippen LogP contribution is 2.14. The molecule has 4 nitrogen and oxygen atoms in total. The molecule has 0 spiro atoms. The molecule has 26 heavy (non-hydrogen) atoms. The molecule has 1 amide bonds. The maximum Gasteiger partial charge on any atom is 0.338 e. The molecule has 0 saturated heterocycles. The van der Waals surface area contributed by atoms with Crippen LogP contribution in [-0.2, 0) is 15.3 Å². The van der Waals surface area contributed by atoms with E-state index >= 15 is 0 Å². The number of nitrogens with one attached hydrogen (secondary N) is 1. The molecule has 0 saturated carbocycles. The molecule has 138 valence electrons. The largest absolute Gasteiger partial charge is 0.462 e. The minimum Gasteiger partial charge on any atom is -0.462 e. The van der Waals surface area contributed by atoms with Crippen molar-refractivity contribution >= 4 is 29.3 Å². The average molecular weight is 372 g/mol. The third kappa shape index (κ3) is 7.31. The minimum atomic E-state index is -0.325. The summed E-state index contributed by atoms with van der Waals surface area (Å²) in [6.45, 7) is 2.49. The van der Waals surface area contributed by atoms with E-state index in [1.807, 2.05) is 25.1 Å². The molecular formula is C21H25NO3S. The molecular weight excluding hydrogens is 346 g/mol.